The molecule has 0 saturated carbocycles. The lowest BCUT2D eigenvalue weighted by Crippen LogP contribution is -2.09. The van der Waals surface area contributed by atoms with Crippen LogP contribution in [0.25, 0.3) is 0 Å². The summed E-state index contributed by atoms with van der Waals surface area (Å²) in [5, 5.41) is 0. The standard InChI is InChI=1S/C9H9O4S/c1-8-2-4-9(5-3-8)14(11,12)7-13-6-10/h2-5H,7H2,1H3. The number of carbonyl (C=O) groups excluding carboxylic acids is 1. The van der Waals surface area contributed by atoms with Crippen LogP contribution < -0.4 is 0 Å². The Labute approximate surface area is 82.4 Å². The van der Waals surface area contributed by atoms with Gasteiger partial charge in [0.2, 0.25) is 9.84 Å². The minimum atomic E-state index is -3.52. The highest BCUT2D eigenvalue weighted by Gasteiger charge is 2.14. The van der Waals surface area contributed by atoms with Crippen molar-refractivity contribution in [3.63, 3.8) is 0 Å². The predicted molar refractivity (Wildman–Crippen MR) is 50.0 cm³/mol. The number of hydrogen-bond acceptors (Lipinski definition) is 4. The topological polar surface area (TPSA) is 60.4 Å². The van der Waals surface area contributed by atoms with Crippen molar-refractivity contribution in [1.29, 1.82) is 0 Å². The lowest BCUT2D eigenvalue weighted by atomic mass is 10.2. The van der Waals surface area contributed by atoms with Crippen molar-refractivity contribution in [2.75, 3.05) is 5.94 Å². The molecule has 0 aliphatic heterocycles. The average Bonchev–Trinajstić information content (AvgIpc) is 2.16. The zero-order valence-corrected chi connectivity index (χ0v) is 8.37. The maximum absolute atomic E-state index is 11.4. The van der Waals surface area contributed by atoms with E-state index >= 15 is 0 Å². The third-order valence-corrected chi connectivity index (χ3v) is 3.07. The molecule has 0 aliphatic carbocycles. The van der Waals surface area contributed by atoms with Gasteiger partial charge in [0, 0.05) is 0 Å². The molecular weight excluding hydrogens is 204 g/mol. The molecular formula is C9H9O4S. The molecule has 0 spiro atoms. The SMILES string of the molecule is Cc1ccc(S(=O)(=O)CO[C]=O)cc1. The third-order valence-electron chi connectivity index (χ3n) is 1.65. The molecule has 0 aliphatic rings. The van der Waals surface area contributed by atoms with Gasteiger partial charge in [-0.1, -0.05) is 17.7 Å². The molecule has 75 valence electrons. The summed E-state index contributed by atoms with van der Waals surface area (Å²) in [7, 11) is -3.52. The van der Waals surface area contributed by atoms with E-state index in [0.717, 1.165) is 12.0 Å². The summed E-state index contributed by atoms with van der Waals surface area (Å²) in [5.41, 5.74) is 0.965. The molecule has 0 fully saturated rings. The van der Waals surface area contributed by atoms with Crippen molar-refractivity contribution in [3.05, 3.63) is 29.8 Å². The average molecular weight is 213 g/mol. The van der Waals surface area contributed by atoms with Crippen LogP contribution in [0.5, 0.6) is 0 Å². The zero-order chi connectivity index (χ0) is 10.6. The lowest BCUT2D eigenvalue weighted by molar-refractivity contribution is 0.326. The van der Waals surface area contributed by atoms with Crippen LogP contribution in [0.15, 0.2) is 29.2 Å². The van der Waals surface area contributed by atoms with E-state index in [4.69, 9.17) is 0 Å². The van der Waals surface area contributed by atoms with Crippen molar-refractivity contribution < 1.29 is 17.9 Å². The van der Waals surface area contributed by atoms with E-state index < -0.39 is 15.8 Å². The number of hydrogen-bond donors (Lipinski definition) is 0. The first-order chi connectivity index (χ1) is 6.56. The molecule has 1 radical (unpaired) electrons. The van der Waals surface area contributed by atoms with E-state index in [1.54, 1.807) is 12.1 Å². The van der Waals surface area contributed by atoms with Crippen molar-refractivity contribution in [2.24, 2.45) is 0 Å². The first-order valence-corrected chi connectivity index (χ1v) is 5.50. The van der Waals surface area contributed by atoms with E-state index in [1.807, 2.05) is 6.92 Å². The Bertz CT molecular complexity index is 405. The number of sulfone groups is 1. The molecule has 0 heterocycles. The molecule has 0 aromatic heterocycles. The Hall–Kier alpha value is -1.36. The van der Waals surface area contributed by atoms with Crippen LogP contribution in [0, 0.1) is 6.92 Å². The van der Waals surface area contributed by atoms with Crippen LogP contribution >= 0.6 is 0 Å². The number of aryl methyl sites for hydroxylation is 1. The summed E-state index contributed by atoms with van der Waals surface area (Å²) in [6.45, 7) is 2.93. The highest BCUT2D eigenvalue weighted by atomic mass is 32.2. The Morgan fingerprint density at radius 2 is 1.86 bits per heavy atom. The van der Waals surface area contributed by atoms with Crippen LogP contribution in [-0.4, -0.2) is 20.8 Å². The molecule has 0 unspecified atom stereocenters. The van der Waals surface area contributed by atoms with E-state index in [-0.39, 0.29) is 4.90 Å². The van der Waals surface area contributed by atoms with Gasteiger partial charge < -0.3 is 4.74 Å². The quantitative estimate of drug-likeness (QED) is 0.742. The predicted octanol–water partition coefficient (Wildman–Crippen LogP) is 0.810. The molecule has 0 amide bonds. The van der Waals surface area contributed by atoms with E-state index in [1.165, 1.54) is 12.1 Å². The summed E-state index contributed by atoms with van der Waals surface area (Å²) < 4.78 is 26.9. The summed E-state index contributed by atoms with van der Waals surface area (Å²) in [6, 6.07) is 6.30. The second kappa shape index (κ2) is 4.23. The van der Waals surface area contributed by atoms with Crippen LogP contribution in [0.4, 0.5) is 0 Å². The van der Waals surface area contributed by atoms with Gasteiger partial charge in [-0.25, -0.2) is 13.2 Å². The number of benzene rings is 1. The van der Waals surface area contributed by atoms with Gasteiger partial charge in [-0.3, -0.25) is 0 Å². The molecule has 0 atom stereocenters. The Kier molecular flexibility index (Phi) is 3.24. The maximum atomic E-state index is 11.4. The fourth-order valence-electron chi connectivity index (χ4n) is 0.915. The monoisotopic (exact) mass is 213 g/mol. The van der Waals surface area contributed by atoms with Crippen LogP contribution in [0.3, 0.4) is 0 Å². The fourth-order valence-corrected chi connectivity index (χ4v) is 1.81. The second-order valence-corrected chi connectivity index (χ2v) is 4.71. The van der Waals surface area contributed by atoms with Gasteiger partial charge >= 0.3 is 6.47 Å². The Morgan fingerprint density at radius 3 is 2.36 bits per heavy atom. The molecule has 0 bridgehead atoms. The normalized spacial score (nSPS) is 10.9. The maximum Gasteiger partial charge on any atom is 0.418 e. The Balaban J connectivity index is 2.93. The minimum Gasteiger partial charge on any atom is -0.440 e. The van der Waals surface area contributed by atoms with Crippen LogP contribution in [0.1, 0.15) is 5.56 Å². The highest BCUT2D eigenvalue weighted by molar-refractivity contribution is 7.91. The van der Waals surface area contributed by atoms with Gasteiger partial charge in [0.1, 0.15) is 0 Å². The van der Waals surface area contributed by atoms with Crippen molar-refractivity contribution in [2.45, 2.75) is 11.8 Å². The smallest absolute Gasteiger partial charge is 0.418 e. The third kappa shape index (κ3) is 2.56. The lowest BCUT2D eigenvalue weighted by Gasteiger charge is -2.02. The van der Waals surface area contributed by atoms with Gasteiger partial charge in [-0.05, 0) is 19.1 Å². The van der Waals surface area contributed by atoms with Gasteiger partial charge in [0.05, 0.1) is 4.90 Å². The second-order valence-electron chi connectivity index (χ2n) is 2.77. The van der Waals surface area contributed by atoms with E-state index in [2.05, 4.69) is 4.74 Å². The summed E-state index contributed by atoms with van der Waals surface area (Å²) in [4.78, 5) is 9.86. The molecule has 5 heteroatoms. The van der Waals surface area contributed by atoms with E-state index in [9.17, 15) is 13.2 Å². The number of ether oxygens (including phenoxy) is 1. The van der Waals surface area contributed by atoms with Gasteiger partial charge in [-0.2, -0.15) is 0 Å². The molecule has 0 saturated heterocycles. The van der Waals surface area contributed by atoms with Crippen molar-refractivity contribution >= 4 is 16.3 Å². The Morgan fingerprint density at radius 1 is 1.29 bits per heavy atom. The van der Waals surface area contributed by atoms with E-state index in [0.29, 0.717) is 0 Å². The van der Waals surface area contributed by atoms with Gasteiger partial charge in [0.25, 0.3) is 0 Å². The first kappa shape index (κ1) is 10.7. The van der Waals surface area contributed by atoms with Gasteiger partial charge in [0.15, 0.2) is 5.94 Å². The minimum absolute atomic E-state index is 0.137. The molecule has 14 heavy (non-hydrogen) atoms. The zero-order valence-electron chi connectivity index (χ0n) is 7.56. The van der Waals surface area contributed by atoms with Crippen molar-refractivity contribution in [3.8, 4) is 0 Å². The van der Waals surface area contributed by atoms with Crippen molar-refractivity contribution in [1.82, 2.24) is 0 Å². The van der Waals surface area contributed by atoms with Crippen LogP contribution in [-0.2, 0) is 19.4 Å². The molecule has 0 N–H and O–H groups in total. The summed E-state index contributed by atoms with van der Waals surface area (Å²) >= 11 is 0. The molecule has 1 rings (SSSR count). The summed E-state index contributed by atoms with van der Waals surface area (Å²) in [5.74, 6) is -0.667. The summed E-state index contributed by atoms with van der Waals surface area (Å²) in [6.07, 6.45) is 0. The molecule has 1 aromatic rings. The van der Waals surface area contributed by atoms with Gasteiger partial charge in [-0.15, -0.1) is 0 Å². The molecule has 1 aromatic carbocycles. The number of rotatable bonds is 4. The molecule has 4 nitrogen and oxygen atoms in total. The highest BCUT2D eigenvalue weighted by Crippen LogP contribution is 2.11. The van der Waals surface area contributed by atoms with Crippen LogP contribution in [0.2, 0.25) is 0 Å². The largest absolute Gasteiger partial charge is 0.440 e. The first-order valence-electron chi connectivity index (χ1n) is 3.84. The fraction of sp³-hybridized carbons (Fsp3) is 0.222.